The van der Waals surface area contributed by atoms with E-state index in [1.165, 1.54) is 11.1 Å². The van der Waals surface area contributed by atoms with Gasteiger partial charge in [0.15, 0.2) is 0 Å². The highest BCUT2D eigenvalue weighted by molar-refractivity contribution is 8.00. The van der Waals surface area contributed by atoms with Crippen LogP contribution in [0.2, 0.25) is 0 Å². The van der Waals surface area contributed by atoms with Gasteiger partial charge in [-0.2, -0.15) is 0 Å². The molecule has 0 unspecified atom stereocenters. The van der Waals surface area contributed by atoms with Gasteiger partial charge in [0.2, 0.25) is 0 Å². The Kier molecular flexibility index (Phi) is 8.99. The summed E-state index contributed by atoms with van der Waals surface area (Å²) in [4.78, 5) is 13.8. The van der Waals surface area contributed by atoms with Crippen molar-refractivity contribution in [1.29, 1.82) is 0 Å². The van der Waals surface area contributed by atoms with Crippen LogP contribution in [-0.2, 0) is 25.9 Å². The summed E-state index contributed by atoms with van der Waals surface area (Å²) in [5.41, 5.74) is 6.21. The molecule has 7 nitrogen and oxygen atoms in total. The van der Waals surface area contributed by atoms with E-state index in [9.17, 15) is 9.90 Å². The maximum absolute atomic E-state index is 13.8. The van der Waals surface area contributed by atoms with Gasteiger partial charge in [0, 0.05) is 49.6 Å². The van der Waals surface area contributed by atoms with Crippen molar-refractivity contribution < 1.29 is 14.6 Å². The molecule has 1 aliphatic rings. The first kappa shape index (κ1) is 28.1. The monoisotopic (exact) mass is 558 g/mol. The number of carbonyl (C=O) groups is 1. The molecule has 2 heterocycles. The number of ether oxygens (including phenoxy) is 1. The summed E-state index contributed by atoms with van der Waals surface area (Å²) in [5, 5.41) is 18.9. The van der Waals surface area contributed by atoms with Crippen LogP contribution in [0.1, 0.15) is 34.0 Å². The van der Waals surface area contributed by atoms with Crippen LogP contribution < -0.4 is 19.7 Å². The Morgan fingerprint density at radius 3 is 2.67 bits per heavy atom. The molecule has 0 bridgehead atoms. The molecule has 0 spiro atoms. The highest BCUT2D eigenvalue weighted by Gasteiger charge is 2.25. The molecule has 0 saturated heterocycles. The number of aryl methyl sites for hydroxylation is 2. The molecule has 1 aromatic heterocycles. The number of benzene rings is 3. The number of aliphatic hydroxyl groups is 1. The summed E-state index contributed by atoms with van der Waals surface area (Å²) in [7, 11) is 3.71. The van der Waals surface area contributed by atoms with Gasteiger partial charge in [-0.3, -0.25) is 4.79 Å². The number of hydrogen-bond acceptors (Lipinski definition) is 6. The number of nitrogens with zero attached hydrogens (tertiary/aromatic N) is 2. The van der Waals surface area contributed by atoms with Crippen LogP contribution >= 0.6 is 11.9 Å². The van der Waals surface area contributed by atoms with Crippen LogP contribution in [0, 0.1) is 0 Å². The summed E-state index contributed by atoms with van der Waals surface area (Å²) < 4.78 is 9.80. The number of methoxy groups -OCH3 is 1. The molecule has 0 radical (unpaired) electrons. The van der Waals surface area contributed by atoms with Crippen molar-refractivity contribution >= 4 is 34.4 Å². The average Bonchev–Trinajstić information content (AvgIpc) is 3.25. The standard InChI is InChI=1S/C32H38N4O3S/c1-4-24-21-36-13-14-40-35(2)29-18-25(17-27(24)31(29)36)32(38)34-28(16-22-9-6-5-7-10-22)30(37)20-33-19-23-11-8-12-26(15-23)39-3/h5-12,15,17-18,21,28,30,33,37H,4,13-14,16,19-20H2,1-3H3,(H,34,38)/t28-,30+/m0/s1. The van der Waals surface area contributed by atoms with Crippen molar-refractivity contribution in [3.8, 4) is 5.75 Å². The van der Waals surface area contributed by atoms with Gasteiger partial charge in [-0.05, 0) is 65.7 Å². The maximum atomic E-state index is 13.8. The van der Waals surface area contributed by atoms with E-state index in [0.29, 0.717) is 25.1 Å². The zero-order chi connectivity index (χ0) is 28.1. The van der Waals surface area contributed by atoms with Crippen LogP contribution in [0.5, 0.6) is 5.75 Å². The largest absolute Gasteiger partial charge is 0.497 e. The van der Waals surface area contributed by atoms with E-state index < -0.39 is 12.1 Å². The van der Waals surface area contributed by atoms with Crippen LogP contribution in [-0.4, -0.2) is 54.2 Å². The maximum Gasteiger partial charge on any atom is 0.251 e. The van der Waals surface area contributed by atoms with Gasteiger partial charge in [0.25, 0.3) is 5.91 Å². The normalized spacial score (nSPS) is 14.6. The number of rotatable bonds is 11. The lowest BCUT2D eigenvalue weighted by Gasteiger charge is -2.25. The Labute approximate surface area is 240 Å². The van der Waals surface area contributed by atoms with Gasteiger partial charge >= 0.3 is 0 Å². The van der Waals surface area contributed by atoms with Gasteiger partial charge in [0.1, 0.15) is 5.75 Å². The van der Waals surface area contributed by atoms with Crippen LogP contribution in [0.25, 0.3) is 10.9 Å². The Morgan fingerprint density at radius 2 is 1.90 bits per heavy atom. The van der Waals surface area contributed by atoms with E-state index in [4.69, 9.17) is 4.74 Å². The van der Waals surface area contributed by atoms with Crippen molar-refractivity contribution in [1.82, 2.24) is 15.2 Å². The van der Waals surface area contributed by atoms with Crippen LogP contribution in [0.15, 0.2) is 72.9 Å². The van der Waals surface area contributed by atoms with E-state index in [2.05, 4.69) is 39.7 Å². The zero-order valence-electron chi connectivity index (χ0n) is 23.4. The van der Waals surface area contributed by atoms with E-state index >= 15 is 0 Å². The predicted molar refractivity (Wildman–Crippen MR) is 164 cm³/mol. The lowest BCUT2D eigenvalue weighted by molar-refractivity contribution is 0.0830. The highest BCUT2D eigenvalue weighted by atomic mass is 32.2. The highest BCUT2D eigenvalue weighted by Crippen LogP contribution is 2.37. The third kappa shape index (κ3) is 6.30. The molecular formula is C32H38N4O3S. The number of anilines is 1. The molecule has 0 fully saturated rings. The van der Waals surface area contributed by atoms with Gasteiger partial charge in [0.05, 0.1) is 30.5 Å². The van der Waals surface area contributed by atoms with E-state index in [0.717, 1.165) is 46.7 Å². The van der Waals surface area contributed by atoms with Gasteiger partial charge in [-0.1, -0.05) is 49.4 Å². The minimum atomic E-state index is -0.787. The topological polar surface area (TPSA) is 78.8 Å². The first-order valence-corrected chi connectivity index (χ1v) is 14.8. The molecule has 4 aromatic rings. The second kappa shape index (κ2) is 12.8. The van der Waals surface area contributed by atoms with Crippen molar-refractivity contribution in [3.05, 3.63) is 95.2 Å². The smallest absolute Gasteiger partial charge is 0.251 e. The fourth-order valence-electron chi connectivity index (χ4n) is 5.35. The minimum Gasteiger partial charge on any atom is -0.497 e. The molecule has 0 aliphatic carbocycles. The van der Waals surface area contributed by atoms with Crippen molar-refractivity contribution in [2.75, 3.05) is 30.8 Å². The number of amides is 1. The van der Waals surface area contributed by atoms with Gasteiger partial charge in [-0.15, -0.1) is 0 Å². The lowest BCUT2D eigenvalue weighted by atomic mass is 9.99. The minimum absolute atomic E-state index is 0.177. The Morgan fingerprint density at radius 1 is 1.10 bits per heavy atom. The molecule has 5 rings (SSSR count). The number of nitrogens with one attached hydrogen (secondary N) is 2. The summed E-state index contributed by atoms with van der Waals surface area (Å²) in [6.45, 7) is 4.02. The van der Waals surface area contributed by atoms with Gasteiger partial charge < -0.3 is 29.3 Å². The number of aliphatic hydroxyl groups excluding tert-OH is 1. The Bertz CT molecular complexity index is 1460. The first-order chi connectivity index (χ1) is 19.5. The first-order valence-electron chi connectivity index (χ1n) is 13.9. The molecule has 1 aliphatic heterocycles. The molecular weight excluding hydrogens is 520 g/mol. The molecule has 40 heavy (non-hydrogen) atoms. The molecule has 3 aromatic carbocycles. The second-order valence-corrected chi connectivity index (χ2v) is 11.5. The third-order valence-electron chi connectivity index (χ3n) is 7.53. The van der Waals surface area contributed by atoms with E-state index in [1.807, 2.05) is 66.7 Å². The van der Waals surface area contributed by atoms with Crippen molar-refractivity contribution in [2.24, 2.45) is 0 Å². The third-order valence-corrected chi connectivity index (χ3v) is 8.48. The van der Waals surface area contributed by atoms with E-state index in [-0.39, 0.29) is 5.91 Å². The quantitative estimate of drug-likeness (QED) is 0.230. The molecule has 2 atom stereocenters. The second-order valence-electron chi connectivity index (χ2n) is 10.2. The lowest BCUT2D eigenvalue weighted by Crippen LogP contribution is -2.48. The number of hydrogen-bond donors (Lipinski definition) is 3. The summed E-state index contributed by atoms with van der Waals surface area (Å²) in [6, 6.07) is 21.4. The van der Waals surface area contributed by atoms with Crippen molar-refractivity contribution in [2.45, 2.75) is 45.0 Å². The summed E-state index contributed by atoms with van der Waals surface area (Å²) in [5.74, 6) is 1.60. The van der Waals surface area contributed by atoms with E-state index in [1.54, 1.807) is 19.1 Å². The molecule has 210 valence electrons. The van der Waals surface area contributed by atoms with Crippen molar-refractivity contribution in [3.63, 3.8) is 0 Å². The predicted octanol–water partition coefficient (Wildman–Crippen LogP) is 4.80. The zero-order valence-corrected chi connectivity index (χ0v) is 24.2. The van der Waals surface area contributed by atoms with Crippen LogP contribution in [0.3, 0.4) is 0 Å². The number of carbonyl (C=O) groups excluding carboxylic acids is 1. The fraction of sp³-hybridized carbons (Fsp3) is 0.344. The molecule has 0 saturated carbocycles. The molecule has 3 N–H and O–H groups in total. The van der Waals surface area contributed by atoms with Crippen LogP contribution in [0.4, 0.5) is 5.69 Å². The SMILES string of the molecule is CCc1cn2c3c(cc(C(=O)N[C@@H](Cc4ccccc4)[C@H](O)CNCc4cccc(OC)c4)cc13)N(C)SCC2. The summed E-state index contributed by atoms with van der Waals surface area (Å²) >= 11 is 1.76. The average molecular weight is 559 g/mol. The Hall–Kier alpha value is -3.46. The fourth-order valence-corrected chi connectivity index (χ4v) is 6.19. The summed E-state index contributed by atoms with van der Waals surface area (Å²) in [6.07, 6.45) is 2.87. The molecule has 1 amide bonds. The Balaban J connectivity index is 1.36. The number of aromatic nitrogens is 1. The van der Waals surface area contributed by atoms with Gasteiger partial charge in [-0.25, -0.2) is 0 Å². The molecule has 8 heteroatoms.